The Morgan fingerprint density at radius 2 is 1.96 bits per heavy atom. The predicted octanol–water partition coefficient (Wildman–Crippen LogP) is 3.46. The highest BCUT2D eigenvalue weighted by molar-refractivity contribution is 6.30. The highest BCUT2D eigenvalue weighted by Gasteiger charge is 2.38. The maximum absolute atomic E-state index is 12.9. The van der Waals surface area contributed by atoms with Crippen LogP contribution in [0.1, 0.15) is 31.0 Å². The molecule has 1 atom stereocenters. The molecule has 0 saturated carbocycles. The number of nitrogens with one attached hydrogen (secondary N) is 1. The van der Waals surface area contributed by atoms with Crippen molar-refractivity contribution in [3.63, 3.8) is 0 Å². The van der Waals surface area contributed by atoms with E-state index < -0.39 is 6.04 Å². The van der Waals surface area contributed by atoms with Crippen LogP contribution in [-0.4, -0.2) is 18.4 Å². The molecule has 1 heterocycles. The minimum absolute atomic E-state index is 0.159. The highest BCUT2D eigenvalue weighted by atomic mass is 35.5. The van der Waals surface area contributed by atoms with Gasteiger partial charge in [-0.05, 0) is 42.8 Å². The van der Waals surface area contributed by atoms with Crippen molar-refractivity contribution >= 4 is 29.1 Å². The molecule has 0 bridgehead atoms. The first-order chi connectivity index (χ1) is 12.0. The highest BCUT2D eigenvalue weighted by Crippen LogP contribution is 2.39. The zero-order valence-electron chi connectivity index (χ0n) is 14.1. The van der Waals surface area contributed by atoms with E-state index in [1.54, 1.807) is 17.0 Å². The van der Waals surface area contributed by atoms with Gasteiger partial charge in [0.05, 0.1) is 18.8 Å². The summed E-state index contributed by atoms with van der Waals surface area (Å²) >= 11 is 5.92. The van der Waals surface area contributed by atoms with Gasteiger partial charge in [0.25, 0.3) is 5.91 Å². The summed E-state index contributed by atoms with van der Waals surface area (Å²) in [6, 6.07) is 12.2. The van der Waals surface area contributed by atoms with Gasteiger partial charge in [-0.25, -0.2) is 0 Å². The molecule has 0 saturated heterocycles. The Morgan fingerprint density at radius 1 is 1.24 bits per heavy atom. The fourth-order valence-corrected chi connectivity index (χ4v) is 3.08. The molecule has 2 aromatic rings. The number of benzene rings is 2. The van der Waals surface area contributed by atoms with Crippen molar-refractivity contribution in [2.45, 2.75) is 26.4 Å². The first-order valence-electron chi connectivity index (χ1n) is 8.09. The Bertz CT molecular complexity index is 805. The molecule has 1 aliphatic rings. The van der Waals surface area contributed by atoms with Crippen molar-refractivity contribution in [3.8, 4) is 5.75 Å². The lowest BCUT2D eigenvalue weighted by Crippen LogP contribution is -2.36. The third kappa shape index (κ3) is 3.61. The fraction of sp³-hybridized carbons (Fsp3) is 0.263. The molecule has 0 aromatic heterocycles. The van der Waals surface area contributed by atoms with Gasteiger partial charge >= 0.3 is 0 Å². The predicted molar refractivity (Wildman–Crippen MR) is 96.8 cm³/mol. The van der Waals surface area contributed by atoms with Crippen LogP contribution in [0, 0.1) is 0 Å². The van der Waals surface area contributed by atoms with E-state index in [9.17, 15) is 9.59 Å². The average molecular weight is 359 g/mol. The van der Waals surface area contributed by atoms with Crippen molar-refractivity contribution in [3.05, 3.63) is 58.6 Å². The number of fused-ring (bicyclic) bond motifs is 1. The standard InChI is InChI=1S/C19H19ClN2O3/c1-3-25-15-8-9-17-16(10-15)18(21-12(2)23)19(24)22(17)11-13-4-6-14(20)7-5-13/h4-10,18H,3,11H2,1-2H3,(H,21,23). The van der Waals surface area contributed by atoms with E-state index in [0.717, 1.165) is 16.8 Å². The molecule has 1 aliphatic heterocycles. The molecular formula is C19H19ClN2O3. The number of carbonyl (C=O) groups excluding carboxylic acids is 2. The molecule has 0 spiro atoms. The molecule has 2 amide bonds. The van der Waals surface area contributed by atoms with Gasteiger partial charge in [0, 0.05) is 17.5 Å². The van der Waals surface area contributed by atoms with Gasteiger partial charge in [-0.15, -0.1) is 0 Å². The van der Waals surface area contributed by atoms with Crippen LogP contribution in [-0.2, 0) is 16.1 Å². The molecule has 25 heavy (non-hydrogen) atoms. The van der Waals surface area contributed by atoms with Crippen LogP contribution in [0.5, 0.6) is 5.75 Å². The van der Waals surface area contributed by atoms with Crippen molar-refractivity contribution in [2.24, 2.45) is 0 Å². The lowest BCUT2D eigenvalue weighted by molar-refractivity contribution is -0.126. The maximum Gasteiger partial charge on any atom is 0.254 e. The zero-order valence-corrected chi connectivity index (χ0v) is 14.8. The average Bonchev–Trinajstić information content (AvgIpc) is 2.82. The Kier molecular flexibility index (Phi) is 4.95. The molecule has 6 heteroatoms. The third-order valence-corrected chi connectivity index (χ3v) is 4.28. The van der Waals surface area contributed by atoms with E-state index in [1.807, 2.05) is 37.3 Å². The van der Waals surface area contributed by atoms with Crippen molar-refractivity contribution in [1.82, 2.24) is 5.32 Å². The summed E-state index contributed by atoms with van der Waals surface area (Å²) in [4.78, 5) is 26.1. The molecule has 0 fully saturated rings. The second-order valence-electron chi connectivity index (χ2n) is 5.84. The Morgan fingerprint density at radius 3 is 2.60 bits per heavy atom. The maximum atomic E-state index is 12.9. The number of nitrogens with zero attached hydrogens (tertiary/aromatic N) is 1. The molecule has 3 rings (SSSR count). The van der Waals surface area contributed by atoms with Gasteiger partial charge in [0.1, 0.15) is 11.8 Å². The SMILES string of the molecule is CCOc1ccc2c(c1)C(NC(C)=O)C(=O)N2Cc1ccc(Cl)cc1. The molecule has 5 nitrogen and oxygen atoms in total. The first-order valence-corrected chi connectivity index (χ1v) is 8.47. The number of amides is 2. The Labute approximate surface area is 151 Å². The summed E-state index contributed by atoms with van der Waals surface area (Å²) in [6.45, 7) is 4.25. The lowest BCUT2D eigenvalue weighted by atomic mass is 10.1. The summed E-state index contributed by atoms with van der Waals surface area (Å²) in [7, 11) is 0. The summed E-state index contributed by atoms with van der Waals surface area (Å²) < 4.78 is 5.53. The lowest BCUT2D eigenvalue weighted by Gasteiger charge is -2.18. The number of hydrogen-bond donors (Lipinski definition) is 1. The summed E-state index contributed by atoms with van der Waals surface area (Å²) in [5.41, 5.74) is 2.49. The quantitative estimate of drug-likeness (QED) is 0.890. The largest absolute Gasteiger partial charge is 0.494 e. The summed E-state index contributed by atoms with van der Waals surface area (Å²) in [5, 5.41) is 3.38. The first kappa shape index (κ1) is 17.3. The van der Waals surface area contributed by atoms with E-state index in [1.165, 1.54) is 6.92 Å². The van der Waals surface area contributed by atoms with Crippen molar-refractivity contribution in [2.75, 3.05) is 11.5 Å². The van der Waals surface area contributed by atoms with Crippen LogP contribution in [0.3, 0.4) is 0 Å². The van der Waals surface area contributed by atoms with Gasteiger partial charge in [0.15, 0.2) is 0 Å². The number of carbonyl (C=O) groups is 2. The molecule has 0 radical (unpaired) electrons. The normalized spacial score (nSPS) is 15.9. The number of anilines is 1. The van der Waals surface area contributed by atoms with Crippen LogP contribution >= 0.6 is 11.6 Å². The molecule has 0 aliphatic carbocycles. The molecule has 1 N–H and O–H groups in total. The fourth-order valence-electron chi connectivity index (χ4n) is 2.95. The minimum Gasteiger partial charge on any atom is -0.494 e. The number of hydrogen-bond acceptors (Lipinski definition) is 3. The van der Waals surface area contributed by atoms with E-state index in [4.69, 9.17) is 16.3 Å². The minimum atomic E-state index is -0.694. The Balaban J connectivity index is 1.96. The van der Waals surface area contributed by atoms with Crippen LogP contribution in [0.2, 0.25) is 5.02 Å². The van der Waals surface area contributed by atoms with Gasteiger partial charge in [-0.2, -0.15) is 0 Å². The zero-order chi connectivity index (χ0) is 18.0. The van der Waals surface area contributed by atoms with Gasteiger partial charge in [-0.3, -0.25) is 9.59 Å². The van der Waals surface area contributed by atoms with Gasteiger partial charge in [0.2, 0.25) is 5.91 Å². The van der Waals surface area contributed by atoms with Crippen LogP contribution in [0.25, 0.3) is 0 Å². The van der Waals surface area contributed by atoms with Crippen LogP contribution in [0.15, 0.2) is 42.5 Å². The van der Waals surface area contributed by atoms with E-state index in [0.29, 0.717) is 23.9 Å². The van der Waals surface area contributed by atoms with Crippen molar-refractivity contribution < 1.29 is 14.3 Å². The number of halogens is 1. The second-order valence-corrected chi connectivity index (χ2v) is 6.27. The Hall–Kier alpha value is -2.53. The second kappa shape index (κ2) is 7.15. The van der Waals surface area contributed by atoms with Crippen LogP contribution in [0.4, 0.5) is 5.69 Å². The van der Waals surface area contributed by atoms with Crippen molar-refractivity contribution in [1.29, 1.82) is 0 Å². The smallest absolute Gasteiger partial charge is 0.254 e. The summed E-state index contributed by atoms with van der Waals surface area (Å²) in [5.74, 6) is 0.269. The van der Waals surface area contributed by atoms with E-state index >= 15 is 0 Å². The van der Waals surface area contributed by atoms with E-state index in [2.05, 4.69) is 5.32 Å². The molecule has 2 aromatic carbocycles. The van der Waals surface area contributed by atoms with Crippen LogP contribution < -0.4 is 15.0 Å². The van der Waals surface area contributed by atoms with Gasteiger partial charge < -0.3 is 15.0 Å². The monoisotopic (exact) mass is 358 g/mol. The third-order valence-electron chi connectivity index (χ3n) is 4.03. The molecule has 130 valence electrons. The van der Waals surface area contributed by atoms with E-state index in [-0.39, 0.29) is 11.8 Å². The summed E-state index contributed by atoms with van der Waals surface area (Å²) in [6.07, 6.45) is 0. The number of rotatable bonds is 5. The molecular weight excluding hydrogens is 340 g/mol. The van der Waals surface area contributed by atoms with Gasteiger partial charge in [-0.1, -0.05) is 23.7 Å². The number of ether oxygens (including phenoxy) is 1. The topological polar surface area (TPSA) is 58.6 Å². The molecule has 1 unspecified atom stereocenters.